The SMILES string of the molecule is C=CC(C)(C)O[C@@H]1O[C@H](COCc2ccccc2)[C@@H](OCc2ccccc2)[C@H](OCc2ccccc2)[C@H]1I. The van der Waals surface area contributed by atoms with E-state index in [1.54, 1.807) is 6.08 Å². The molecule has 0 spiro atoms. The maximum atomic E-state index is 6.58. The van der Waals surface area contributed by atoms with Gasteiger partial charge in [-0.1, -0.05) is 120 Å². The molecule has 1 heterocycles. The minimum absolute atomic E-state index is 0.123. The van der Waals surface area contributed by atoms with E-state index in [0.29, 0.717) is 26.4 Å². The Kier molecular flexibility index (Phi) is 10.9. The van der Waals surface area contributed by atoms with Crippen LogP contribution < -0.4 is 0 Å². The van der Waals surface area contributed by atoms with Crippen molar-refractivity contribution in [2.75, 3.05) is 6.61 Å². The maximum Gasteiger partial charge on any atom is 0.173 e. The van der Waals surface area contributed by atoms with E-state index in [2.05, 4.69) is 65.6 Å². The van der Waals surface area contributed by atoms with Gasteiger partial charge in [-0.05, 0) is 30.5 Å². The first-order valence-corrected chi connectivity index (χ1v) is 14.2. The topological polar surface area (TPSA) is 46.2 Å². The fraction of sp³-hybridized carbons (Fsp3) is 0.375. The molecule has 1 aliphatic heterocycles. The highest BCUT2D eigenvalue weighted by molar-refractivity contribution is 14.1. The molecule has 3 aromatic carbocycles. The lowest BCUT2D eigenvalue weighted by atomic mass is 10.00. The zero-order valence-corrected chi connectivity index (χ0v) is 24.2. The van der Waals surface area contributed by atoms with Crippen molar-refractivity contribution in [3.8, 4) is 0 Å². The van der Waals surface area contributed by atoms with E-state index < -0.39 is 11.9 Å². The molecule has 202 valence electrons. The van der Waals surface area contributed by atoms with Crippen molar-refractivity contribution in [2.24, 2.45) is 0 Å². The molecular formula is C32H37IO5. The summed E-state index contributed by atoms with van der Waals surface area (Å²) in [6.07, 6.45) is 0.233. The first kappa shape index (κ1) is 28.9. The van der Waals surface area contributed by atoms with Crippen LogP contribution in [0, 0.1) is 0 Å². The third-order valence-corrected chi connectivity index (χ3v) is 7.74. The number of halogens is 1. The summed E-state index contributed by atoms with van der Waals surface area (Å²) in [7, 11) is 0. The molecular weight excluding hydrogens is 591 g/mol. The Hall–Kier alpha value is -2.07. The van der Waals surface area contributed by atoms with E-state index in [1.165, 1.54) is 0 Å². The van der Waals surface area contributed by atoms with Gasteiger partial charge in [0.15, 0.2) is 6.29 Å². The van der Waals surface area contributed by atoms with Crippen molar-refractivity contribution in [2.45, 2.75) is 67.8 Å². The summed E-state index contributed by atoms with van der Waals surface area (Å²) in [5.74, 6) is 0. The average molecular weight is 629 g/mol. The van der Waals surface area contributed by atoms with Gasteiger partial charge in [0.1, 0.15) is 18.3 Å². The summed E-state index contributed by atoms with van der Waals surface area (Å²) in [6.45, 7) is 9.63. The molecule has 6 heteroatoms. The molecule has 0 N–H and O–H groups in total. The van der Waals surface area contributed by atoms with Crippen LogP contribution in [0.25, 0.3) is 0 Å². The normalized spacial score (nSPS) is 23.7. The second-order valence-electron chi connectivity index (χ2n) is 9.94. The summed E-state index contributed by atoms with van der Waals surface area (Å²) in [4.78, 5) is 0. The number of ether oxygens (including phenoxy) is 5. The van der Waals surface area contributed by atoms with E-state index in [4.69, 9.17) is 23.7 Å². The van der Waals surface area contributed by atoms with Crippen LogP contribution in [0.3, 0.4) is 0 Å². The van der Waals surface area contributed by atoms with Gasteiger partial charge in [-0.25, -0.2) is 0 Å². The van der Waals surface area contributed by atoms with Gasteiger partial charge in [-0.15, -0.1) is 6.58 Å². The molecule has 1 aliphatic rings. The summed E-state index contributed by atoms with van der Waals surface area (Å²) < 4.78 is 32.1. The van der Waals surface area contributed by atoms with Crippen LogP contribution in [0.5, 0.6) is 0 Å². The highest BCUT2D eigenvalue weighted by Crippen LogP contribution is 2.35. The van der Waals surface area contributed by atoms with Gasteiger partial charge >= 0.3 is 0 Å². The van der Waals surface area contributed by atoms with Gasteiger partial charge < -0.3 is 23.7 Å². The molecule has 1 fully saturated rings. The Labute approximate surface area is 240 Å². The van der Waals surface area contributed by atoms with Crippen LogP contribution in [-0.2, 0) is 43.5 Å². The molecule has 5 nitrogen and oxygen atoms in total. The molecule has 0 bridgehead atoms. The Morgan fingerprint density at radius 1 is 0.763 bits per heavy atom. The average Bonchev–Trinajstić information content (AvgIpc) is 2.94. The molecule has 0 aliphatic carbocycles. The predicted molar refractivity (Wildman–Crippen MR) is 158 cm³/mol. The lowest BCUT2D eigenvalue weighted by Gasteiger charge is -2.46. The first-order valence-electron chi connectivity index (χ1n) is 13.0. The van der Waals surface area contributed by atoms with Crippen molar-refractivity contribution < 1.29 is 23.7 Å². The molecule has 0 aromatic heterocycles. The van der Waals surface area contributed by atoms with Crippen LogP contribution >= 0.6 is 22.6 Å². The van der Waals surface area contributed by atoms with Crippen molar-refractivity contribution >= 4 is 22.6 Å². The highest BCUT2D eigenvalue weighted by Gasteiger charge is 2.48. The number of benzene rings is 3. The maximum absolute atomic E-state index is 6.58. The van der Waals surface area contributed by atoms with E-state index in [-0.39, 0.29) is 22.2 Å². The van der Waals surface area contributed by atoms with Crippen molar-refractivity contribution in [3.63, 3.8) is 0 Å². The molecule has 0 amide bonds. The Morgan fingerprint density at radius 3 is 1.74 bits per heavy atom. The van der Waals surface area contributed by atoms with Gasteiger partial charge in [-0.2, -0.15) is 0 Å². The lowest BCUT2D eigenvalue weighted by Crippen LogP contribution is -2.60. The summed E-state index contributed by atoms with van der Waals surface area (Å²) in [5.41, 5.74) is 2.74. The quantitative estimate of drug-likeness (QED) is 0.117. The van der Waals surface area contributed by atoms with Crippen molar-refractivity contribution in [3.05, 3.63) is 120 Å². The molecule has 38 heavy (non-hydrogen) atoms. The largest absolute Gasteiger partial charge is 0.374 e. The number of alkyl halides is 1. The van der Waals surface area contributed by atoms with E-state index in [9.17, 15) is 0 Å². The Morgan fingerprint density at radius 2 is 1.24 bits per heavy atom. The molecule has 3 aromatic rings. The first-order chi connectivity index (χ1) is 18.4. The zero-order chi connectivity index (χ0) is 26.8. The number of rotatable bonds is 13. The Balaban J connectivity index is 1.55. The van der Waals surface area contributed by atoms with E-state index in [0.717, 1.165) is 16.7 Å². The third kappa shape index (κ3) is 8.46. The summed E-state index contributed by atoms with van der Waals surface area (Å²) in [6, 6.07) is 30.5. The molecule has 5 atom stereocenters. The number of hydrogen-bond donors (Lipinski definition) is 0. The van der Waals surface area contributed by atoms with Crippen LogP contribution in [0.1, 0.15) is 30.5 Å². The molecule has 0 unspecified atom stereocenters. The fourth-order valence-electron chi connectivity index (χ4n) is 4.24. The zero-order valence-electron chi connectivity index (χ0n) is 22.1. The highest BCUT2D eigenvalue weighted by atomic mass is 127. The fourth-order valence-corrected chi connectivity index (χ4v) is 5.17. The van der Waals surface area contributed by atoms with E-state index >= 15 is 0 Å². The second kappa shape index (κ2) is 14.4. The van der Waals surface area contributed by atoms with Gasteiger partial charge in [0.2, 0.25) is 0 Å². The standard InChI is InChI=1S/C32H37IO5/c1-4-32(2,3)38-31-28(33)30(36-22-26-18-12-7-13-19-26)29(35-21-25-16-10-6-11-17-25)27(37-31)23-34-20-24-14-8-5-9-15-24/h4-19,27-31H,1,20-23H2,2-3H3/t27-,28-,29-,30-,31+/m1/s1. The third-order valence-electron chi connectivity index (χ3n) is 6.45. The van der Waals surface area contributed by atoms with E-state index in [1.807, 2.05) is 68.4 Å². The van der Waals surface area contributed by atoms with Gasteiger partial charge in [-0.3, -0.25) is 0 Å². The second-order valence-corrected chi connectivity index (χ2v) is 11.4. The van der Waals surface area contributed by atoms with Crippen molar-refractivity contribution in [1.82, 2.24) is 0 Å². The smallest absolute Gasteiger partial charge is 0.173 e. The Bertz CT molecular complexity index is 1090. The number of hydrogen-bond acceptors (Lipinski definition) is 5. The molecule has 0 radical (unpaired) electrons. The minimum atomic E-state index is -0.564. The molecule has 1 saturated heterocycles. The lowest BCUT2D eigenvalue weighted by molar-refractivity contribution is -0.287. The monoisotopic (exact) mass is 628 g/mol. The van der Waals surface area contributed by atoms with Crippen molar-refractivity contribution in [1.29, 1.82) is 0 Å². The minimum Gasteiger partial charge on any atom is -0.374 e. The van der Waals surface area contributed by atoms with Crippen LogP contribution in [0.15, 0.2) is 104 Å². The summed E-state index contributed by atoms with van der Waals surface area (Å²) in [5, 5.41) is 0. The van der Waals surface area contributed by atoms with Gasteiger partial charge in [0.25, 0.3) is 0 Å². The van der Waals surface area contributed by atoms with Crippen LogP contribution in [0.4, 0.5) is 0 Å². The van der Waals surface area contributed by atoms with Gasteiger partial charge in [0, 0.05) is 0 Å². The van der Waals surface area contributed by atoms with Crippen LogP contribution in [0.2, 0.25) is 0 Å². The van der Waals surface area contributed by atoms with Crippen LogP contribution in [-0.4, -0.2) is 40.7 Å². The molecule has 0 saturated carbocycles. The summed E-state index contributed by atoms with van der Waals surface area (Å²) >= 11 is 2.38. The molecule has 4 rings (SSSR count). The predicted octanol–water partition coefficient (Wildman–Crippen LogP) is 6.88. The van der Waals surface area contributed by atoms with Gasteiger partial charge in [0.05, 0.1) is 36.0 Å².